The molecule has 0 radical (unpaired) electrons. The summed E-state index contributed by atoms with van der Waals surface area (Å²) in [4.78, 5) is 32.0. The molecule has 0 bridgehead atoms. The van der Waals surface area contributed by atoms with Crippen molar-refractivity contribution in [2.75, 3.05) is 5.32 Å². The van der Waals surface area contributed by atoms with Crippen LogP contribution in [0.3, 0.4) is 0 Å². The Labute approximate surface area is 197 Å². The van der Waals surface area contributed by atoms with Crippen LogP contribution in [0.25, 0.3) is 6.08 Å². The molecule has 1 amide bonds. The minimum atomic E-state index is -0.652. The van der Waals surface area contributed by atoms with Gasteiger partial charge in [-0.15, -0.1) is 0 Å². The van der Waals surface area contributed by atoms with Gasteiger partial charge in [-0.1, -0.05) is 53.3 Å². The minimum Gasteiger partial charge on any atom is -0.465 e. The van der Waals surface area contributed by atoms with Crippen LogP contribution in [0.15, 0.2) is 98.5 Å². The van der Waals surface area contributed by atoms with Crippen molar-refractivity contribution >= 4 is 40.6 Å². The van der Waals surface area contributed by atoms with Crippen LogP contribution in [-0.2, 0) is 4.79 Å². The Morgan fingerprint density at radius 2 is 1.88 bits per heavy atom. The summed E-state index contributed by atoms with van der Waals surface area (Å²) < 4.78 is 7.42. The maximum atomic E-state index is 13.5. The van der Waals surface area contributed by atoms with Gasteiger partial charge in [0.1, 0.15) is 5.76 Å². The lowest BCUT2D eigenvalue weighted by Crippen LogP contribution is -2.40. The average Bonchev–Trinajstić information content (AvgIpc) is 3.42. The van der Waals surface area contributed by atoms with E-state index in [0.29, 0.717) is 37.1 Å². The van der Waals surface area contributed by atoms with Crippen molar-refractivity contribution in [3.63, 3.8) is 0 Å². The Kier molecular flexibility index (Phi) is 5.58. The molecule has 0 unspecified atom stereocenters. The molecule has 0 aliphatic carbocycles. The zero-order valence-electron chi connectivity index (χ0n) is 17.5. The lowest BCUT2D eigenvalue weighted by Gasteiger charge is -2.25. The highest BCUT2D eigenvalue weighted by molar-refractivity contribution is 7.07. The summed E-state index contributed by atoms with van der Waals surface area (Å²) in [5.74, 6) is 0.253. The lowest BCUT2D eigenvalue weighted by atomic mass is 9.95. The minimum absolute atomic E-state index is 0.243. The van der Waals surface area contributed by atoms with Gasteiger partial charge in [0.05, 0.1) is 28.1 Å². The molecule has 1 aliphatic rings. The summed E-state index contributed by atoms with van der Waals surface area (Å²) in [6, 6.07) is 19.2. The first-order chi connectivity index (χ1) is 16.0. The van der Waals surface area contributed by atoms with Gasteiger partial charge in [-0.25, -0.2) is 4.99 Å². The second kappa shape index (κ2) is 8.69. The van der Waals surface area contributed by atoms with Crippen molar-refractivity contribution in [3.8, 4) is 0 Å². The predicted molar refractivity (Wildman–Crippen MR) is 129 cm³/mol. The predicted octanol–water partition coefficient (Wildman–Crippen LogP) is 4.12. The van der Waals surface area contributed by atoms with Crippen molar-refractivity contribution in [2.45, 2.75) is 13.0 Å². The zero-order valence-corrected chi connectivity index (χ0v) is 19.1. The molecular weight excluding hydrogens is 458 g/mol. The van der Waals surface area contributed by atoms with E-state index in [-0.39, 0.29) is 11.5 Å². The molecule has 4 aromatic rings. The van der Waals surface area contributed by atoms with Crippen LogP contribution in [-0.4, -0.2) is 10.5 Å². The number of allylic oxidation sites excluding steroid dienone is 1. The van der Waals surface area contributed by atoms with Gasteiger partial charge in [0.2, 0.25) is 0 Å². The number of carbonyl (C=O) groups excluding carboxylic acids is 1. The van der Waals surface area contributed by atoms with E-state index in [2.05, 4.69) is 10.3 Å². The fourth-order valence-corrected chi connectivity index (χ4v) is 4.95. The Bertz CT molecular complexity index is 1530. The first kappa shape index (κ1) is 21.2. The Balaban J connectivity index is 1.68. The van der Waals surface area contributed by atoms with E-state index in [1.54, 1.807) is 48.1 Å². The SMILES string of the molecule is CC1=C(C(=O)Nc2ccccc2)[C@H](c2ccc(Cl)cc2)n2c(sc(=Cc3ccco3)c2=O)=N1. The van der Waals surface area contributed by atoms with E-state index in [1.807, 2.05) is 42.5 Å². The van der Waals surface area contributed by atoms with Gasteiger partial charge in [0, 0.05) is 16.8 Å². The molecule has 33 heavy (non-hydrogen) atoms. The second-order valence-electron chi connectivity index (χ2n) is 7.47. The molecule has 3 heterocycles. The molecule has 8 heteroatoms. The van der Waals surface area contributed by atoms with E-state index < -0.39 is 6.04 Å². The fraction of sp³-hybridized carbons (Fsp3) is 0.0800. The van der Waals surface area contributed by atoms with Crippen LogP contribution >= 0.6 is 22.9 Å². The van der Waals surface area contributed by atoms with Gasteiger partial charge in [-0.2, -0.15) is 0 Å². The number of hydrogen-bond acceptors (Lipinski definition) is 5. The number of rotatable bonds is 4. The molecule has 2 aromatic carbocycles. The highest BCUT2D eigenvalue weighted by Gasteiger charge is 2.32. The maximum absolute atomic E-state index is 13.5. The number of furan rings is 1. The Morgan fingerprint density at radius 3 is 2.58 bits per heavy atom. The lowest BCUT2D eigenvalue weighted by molar-refractivity contribution is -0.113. The van der Waals surface area contributed by atoms with Gasteiger partial charge in [0.25, 0.3) is 11.5 Å². The summed E-state index contributed by atoms with van der Waals surface area (Å²) >= 11 is 7.37. The van der Waals surface area contributed by atoms with Gasteiger partial charge < -0.3 is 9.73 Å². The number of halogens is 1. The van der Waals surface area contributed by atoms with E-state index in [9.17, 15) is 9.59 Å². The number of nitrogens with zero attached hydrogens (tertiary/aromatic N) is 2. The number of benzene rings is 2. The quantitative estimate of drug-likeness (QED) is 0.482. The monoisotopic (exact) mass is 475 g/mol. The number of thiazole rings is 1. The van der Waals surface area contributed by atoms with Gasteiger partial charge >= 0.3 is 0 Å². The largest absolute Gasteiger partial charge is 0.465 e. The molecule has 1 aliphatic heterocycles. The van der Waals surface area contributed by atoms with Crippen LogP contribution in [0.4, 0.5) is 5.69 Å². The molecule has 164 valence electrons. The number of nitrogens with one attached hydrogen (secondary N) is 1. The van der Waals surface area contributed by atoms with Crippen LogP contribution in [0.1, 0.15) is 24.3 Å². The van der Waals surface area contributed by atoms with Gasteiger partial charge in [0.15, 0.2) is 4.80 Å². The average molecular weight is 476 g/mol. The van der Waals surface area contributed by atoms with Crippen molar-refractivity contribution in [3.05, 3.63) is 120 Å². The summed E-state index contributed by atoms with van der Waals surface area (Å²) in [7, 11) is 0. The van der Waals surface area contributed by atoms with E-state index >= 15 is 0 Å². The van der Waals surface area contributed by atoms with E-state index in [1.165, 1.54) is 11.3 Å². The van der Waals surface area contributed by atoms with Crippen LogP contribution < -0.4 is 20.2 Å². The molecule has 0 spiro atoms. The number of fused-ring (bicyclic) bond motifs is 1. The topological polar surface area (TPSA) is 76.6 Å². The summed E-state index contributed by atoms with van der Waals surface area (Å²) in [6.07, 6.45) is 3.24. The molecule has 0 fully saturated rings. The van der Waals surface area contributed by atoms with Crippen LogP contribution in [0.5, 0.6) is 0 Å². The van der Waals surface area contributed by atoms with Crippen LogP contribution in [0, 0.1) is 0 Å². The molecule has 0 saturated carbocycles. The third-order valence-corrected chi connectivity index (χ3v) is 6.54. The normalized spacial score (nSPS) is 15.8. The van der Waals surface area contributed by atoms with Crippen molar-refractivity contribution in [1.82, 2.24) is 4.57 Å². The molecule has 2 aromatic heterocycles. The summed E-state index contributed by atoms with van der Waals surface area (Å²) in [6.45, 7) is 1.78. The first-order valence-corrected chi connectivity index (χ1v) is 11.4. The summed E-state index contributed by atoms with van der Waals surface area (Å²) in [5, 5.41) is 3.50. The van der Waals surface area contributed by atoms with E-state index in [0.717, 1.165) is 5.56 Å². The zero-order chi connectivity index (χ0) is 22.9. The maximum Gasteiger partial charge on any atom is 0.271 e. The molecule has 0 saturated heterocycles. The number of amides is 1. The third kappa shape index (κ3) is 4.08. The second-order valence-corrected chi connectivity index (χ2v) is 8.91. The molecule has 6 nitrogen and oxygen atoms in total. The van der Waals surface area contributed by atoms with Crippen molar-refractivity contribution in [2.24, 2.45) is 4.99 Å². The van der Waals surface area contributed by atoms with Crippen LogP contribution in [0.2, 0.25) is 5.02 Å². The number of para-hydroxylation sites is 1. The standard InChI is InChI=1S/C25H18ClN3O3S/c1-15-21(23(30)28-18-6-3-2-4-7-18)22(16-9-11-17(26)12-10-16)29-24(31)20(33-25(29)27-15)14-19-8-5-13-32-19/h2-14,22H,1H3,(H,28,30)/t22-/m0/s1. The fourth-order valence-electron chi connectivity index (χ4n) is 3.79. The highest BCUT2D eigenvalue weighted by atomic mass is 35.5. The number of hydrogen-bond donors (Lipinski definition) is 1. The molecule has 1 N–H and O–H groups in total. The summed E-state index contributed by atoms with van der Waals surface area (Å²) in [5.41, 5.74) is 2.13. The van der Waals surface area contributed by atoms with Crippen molar-refractivity contribution in [1.29, 1.82) is 0 Å². The number of aromatic nitrogens is 1. The Hall–Kier alpha value is -3.68. The smallest absolute Gasteiger partial charge is 0.271 e. The Morgan fingerprint density at radius 1 is 1.12 bits per heavy atom. The van der Waals surface area contributed by atoms with Gasteiger partial charge in [-0.3, -0.25) is 14.2 Å². The molecular formula is C25H18ClN3O3S. The molecule has 1 atom stereocenters. The van der Waals surface area contributed by atoms with E-state index in [4.69, 9.17) is 16.0 Å². The van der Waals surface area contributed by atoms with Crippen molar-refractivity contribution < 1.29 is 9.21 Å². The van der Waals surface area contributed by atoms with Gasteiger partial charge in [-0.05, 0) is 48.9 Å². The third-order valence-electron chi connectivity index (χ3n) is 5.30. The highest BCUT2D eigenvalue weighted by Crippen LogP contribution is 2.31. The molecule has 5 rings (SSSR count). The number of anilines is 1. The first-order valence-electron chi connectivity index (χ1n) is 10.2. The number of carbonyl (C=O) groups is 1.